The SMILES string of the molecule is COCc1ccccc1NC(N)=NCC(=O)N1CCCC1. The van der Waals surface area contributed by atoms with Gasteiger partial charge >= 0.3 is 0 Å². The van der Waals surface area contributed by atoms with Crippen LogP contribution >= 0.6 is 0 Å². The Morgan fingerprint density at radius 3 is 2.81 bits per heavy atom. The van der Waals surface area contributed by atoms with Crippen molar-refractivity contribution >= 4 is 17.6 Å². The van der Waals surface area contributed by atoms with Crippen LogP contribution in [0.2, 0.25) is 0 Å². The van der Waals surface area contributed by atoms with Crippen molar-refractivity contribution in [1.82, 2.24) is 4.90 Å². The van der Waals surface area contributed by atoms with Crippen LogP contribution < -0.4 is 11.1 Å². The van der Waals surface area contributed by atoms with Crippen molar-refractivity contribution in [3.8, 4) is 0 Å². The maximum atomic E-state index is 11.9. The standard InChI is InChI=1S/C15H22N4O2/c1-21-11-12-6-2-3-7-13(12)18-15(16)17-10-14(20)19-8-4-5-9-19/h2-3,6-7H,4-5,8-11H2,1H3,(H3,16,17,18). The number of para-hydroxylation sites is 1. The molecule has 0 spiro atoms. The molecule has 6 heteroatoms. The number of nitrogens with one attached hydrogen (secondary N) is 1. The molecule has 0 radical (unpaired) electrons. The van der Waals surface area contributed by atoms with E-state index < -0.39 is 0 Å². The van der Waals surface area contributed by atoms with Crippen LogP contribution in [0.25, 0.3) is 0 Å². The predicted molar refractivity (Wildman–Crippen MR) is 83.1 cm³/mol. The van der Waals surface area contributed by atoms with E-state index in [1.165, 1.54) is 0 Å². The highest BCUT2D eigenvalue weighted by atomic mass is 16.5. The number of nitrogens with two attached hydrogens (primary N) is 1. The number of carbonyl (C=O) groups is 1. The Morgan fingerprint density at radius 2 is 2.10 bits per heavy atom. The van der Waals surface area contributed by atoms with Crippen molar-refractivity contribution in [2.75, 3.05) is 32.1 Å². The van der Waals surface area contributed by atoms with Gasteiger partial charge < -0.3 is 20.7 Å². The van der Waals surface area contributed by atoms with Crippen LogP contribution in [0.1, 0.15) is 18.4 Å². The zero-order chi connectivity index (χ0) is 15.1. The molecule has 0 atom stereocenters. The van der Waals surface area contributed by atoms with Crippen molar-refractivity contribution in [1.29, 1.82) is 0 Å². The molecule has 1 fully saturated rings. The van der Waals surface area contributed by atoms with Crippen LogP contribution in [0.3, 0.4) is 0 Å². The first-order valence-electron chi connectivity index (χ1n) is 7.12. The molecule has 1 saturated heterocycles. The Labute approximate surface area is 125 Å². The summed E-state index contributed by atoms with van der Waals surface area (Å²) in [6.07, 6.45) is 2.15. The minimum Gasteiger partial charge on any atom is -0.380 e. The molecule has 21 heavy (non-hydrogen) atoms. The Kier molecular flexibility index (Phi) is 5.57. The summed E-state index contributed by atoms with van der Waals surface area (Å²) in [7, 11) is 1.64. The predicted octanol–water partition coefficient (Wildman–Crippen LogP) is 1.18. The third-order valence-electron chi connectivity index (χ3n) is 3.42. The molecule has 1 aliphatic heterocycles. The fourth-order valence-electron chi connectivity index (χ4n) is 2.32. The zero-order valence-corrected chi connectivity index (χ0v) is 12.3. The summed E-state index contributed by atoms with van der Waals surface area (Å²) in [4.78, 5) is 17.8. The molecule has 0 aliphatic carbocycles. The van der Waals surface area contributed by atoms with E-state index in [2.05, 4.69) is 10.3 Å². The second kappa shape index (κ2) is 7.64. The lowest BCUT2D eigenvalue weighted by Gasteiger charge is -2.14. The van der Waals surface area contributed by atoms with E-state index in [-0.39, 0.29) is 18.4 Å². The summed E-state index contributed by atoms with van der Waals surface area (Å²) in [5.41, 5.74) is 7.68. The fraction of sp³-hybridized carbons (Fsp3) is 0.467. The van der Waals surface area contributed by atoms with Gasteiger partial charge in [-0.3, -0.25) is 4.79 Å². The molecule has 3 N–H and O–H groups in total. The lowest BCUT2D eigenvalue weighted by Crippen LogP contribution is -2.31. The number of methoxy groups -OCH3 is 1. The van der Waals surface area contributed by atoms with Gasteiger partial charge in [-0.25, -0.2) is 4.99 Å². The molecule has 1 aromatic carbocycles. The van der Waals surface area contributed by atoms with Gasteiger partial charge in [0.2, 0.25) is 5.91 Å². The molecule has 1 amide bonds. The van der Waals surface area contributed by atoms with Crippen LogP contribution in [0.4, 0.5) is 5.69 Å². The minimum atomic E-state index is 0.0300. The summed E-state index contributed by atoms with van der Waals surface area (Å²) in [5.74, 6) is 0.272. The Bertz CT molecular complexity index is 510. The van der Waals surface area contributed by atoms with Crippen molar-refractivity contribution in [2.24, 2.45) is 10.7 Å². The topological polar surface area (TPSA) is 80.0 Å². The summed E-state index contributed by atoms with van der Waals surface area (Å²) in [6, 6.07) is 7.70. The zero-order valence-electron chi connectivity index (χ0n) is 12.3. The maximum absolute atomic E-state index is 11.9. The molecular formula is C15H22N4O2. The quantitative estimate of drug-likeness (QED) is 0.630. The number of aliphatic imine (C=N–C) groups is 1. The monoisotopic (exact) mass is 290 g/mol. The van der Waals surface area contributed by atoms with Crippen LogP contribution in [-0.2, 0) is 16.1 Å². The number of amides is 1. The van der Waals surface area contributed by atoms with Gasteiger partial charge in [0, 0.05) is 31.5 Å². The first-order chi connectivity index (χ1) is 10.2. The number of likely N-dealkylation sites (tertiary alicyclic amines) is 1. The summed E-state index contributed by atoms with van der Waals surface area (Å²) < 4.78 is 5.13. The highest BCUT2D eigenvalue weighted by Crippen LogP contribution is 2.15. The molecule has 114 valence electrons. The number of anilines is 1. The second-order valence-electron chi connectivity index (χ2n) is 5.00. The van der Waals surface area contributed by atoms with Crippen LogP contribution in [0, 0.1) is 0 Å². The van der Waals surface area contributed by atoms with E-state index in [0.717, 1.165) is 37.2 Å². The van der Waals surface area contributed by atoms with Gasteiger partial charge in [-0.15, -0.1) is 0 Å². The number of guanidine groups is 1. The number of hydrogen-bond acceptors (Lipinski definition) is 3. The first-order valence-corrected chi connectivity index (χ1v) is 7.12. The van der Waals surface area contributed by atoms with E-state index in [1.54, 1.807) is 7.11 Å². The minimum absolute atomic E-state index is 0.0300. The Morgan fingerprint density at radius 1 is 1.38 bits per heavy atom. The highest BCUT2D eigenvalue weighted by molar-refractivity contribution is 5.94. The van der Waals surface area contributed by atoms with Gasteiger partial charge in [0.15, 0.2) is 5.96 Å². The van der Waals surface area contributed by atoms with Gasteiger partial charge in [0.1, 0.15) is 6.54 Å². The molecule has 0 aromatic heterocycles. The van der Waals surface area contributed by atoms with Crippen LogP contribution in [0.15, 0.2) is 29.3 Å². The summed E-state index contributed by atoms with van der Waals surface area (Å²) in [5, 5.41) is 3.02. The van der Waals surface area contributed by atoms with E-state index in [0.29, 0.717) is 6.61 Å². The summed E-state index contributed by atoms with van der Waals surface area (Å²) in [6.45, 7) is 2.24. The van der Waals surface area contributed by atoms with Crippen molar-refractivity contribution in [2.45, 2.75) is 19.4 Å². The van der Waals surface area contributed by atoms with Gasteiger partial charge in [-0.05, 0) is 18.9 Å². The highest BCUT2D eigenvalue weighted by Gasteiger charge is 2.17. The normalized spacial score (nSPS) is 15.3. The van der Waals surface area contributed by atoms with Gasteiger partial charge in [-0.2, -0.15) is 0 Å². The average molecular weight is 290 g/mol. The van der Waals surface area contributed by atoms with E-state index >= 15 is 0 Å². The average Bonchev–Trinajstić information content (AvgIpc) is 3.01. The summed E-state index contributed by atoms with van der Waals surface area (Å²) >= 11 is 0. The number of carbonyl (C=O) groups excluding carboxylic acids is 1. The van der Waals surface area contributed by atoms with E-state index in [4.69, 9.17) is 10.5 Å². The number of nitrogens with zero attached hydrogens (tertiary/aromatic N) is 2. The number of rotatable bonds is 5. The van der Waals surface area contributed by atoms with Gasteiger partial charge in [0.05, 0.1) is 6.61 Å². The molecular weight excluding hydrogens is 268 g/mol. The van der Waals surface area contributed by atoms with E-state index in [9.17, 15) is 4.79 Å². The lowest BCUT2D eigenvalue weighted by atomic mass is 10.2. The molecule has 0 unspecified atom stereocenters. The maximum Gasteiger partial charge on any atom is 0.244 e. The largest absolute Gasteiger partial charge is 0.380 e. The van der Waals surface area contributed by atoms with Crippen LogP contribution in [0.5, 0.6) is 0 Å². The molecule has 0 bridgehead atoms. The molecule has 1 heterocycles. The number of hydrogen-bond donors (Lipinski definition) is 2. The second-order valence-corrected chi connectivity index (χ2v) is 5.00. The smallest absolute Gasteiger partial charge is 0.244 e. The molecule has 1 aliphatic rings. The molecule has 2 rings (SSSR count). The van der Waals surface area contributed by atoms with Crippen molar-refractivity contribution < 1.29 is 9.53 Å². The molecule has 0 saturated carbocycles. The molecule has 1 aromatic rings. The Hall–Kier alpha value is -2.08. The van der Waals surface area contributed by atoms with E-state index in [1.807, 2.05) is 29.2 Å². The number of ether oxygens (including phenoxy) is 1. The number of benzene rings is 1. The molecule has 6 nitrogen and oxygen atoms in total. The first kappa shape index (κ1) is 15.3. The lowest BCUT2D eigenvalue weighted by molar-refractivity contribution is -0.128. The third-order valence-corrected chi connectivity index (χ3v) is 3.42. The van der Waals surface area contributed by atoms with Gasteiger partial charge in [0.25, 0.3) is 0 Å². The van der Waals surface area contributed by atoms with Crippen molar-refractivity contribution in [3.05, 3.63) is 29.8 Å². The third kappa shape index (κ3) is 4.46. The van der Waals surface area contributed by atoms with Crippen molar-refractivity contribution in [3.63, 3.8) is 0 Å². The Balaban J connectivity index is 1.92. The van der Waals surface area contributed by atoms with Gasteiger partial charge in [-0.1, -0.05) is 18.2 Å². The fourth-order valence-corrected chi connectivity index (χ4v) is 2.32. The van der Waals surface area contributed by atoms with Crippen LogP contribution in [-0.4, -0.2) is 43.5 Å².